The first kappa shape index (κ1) is 11.2. The van der Waals surface area contributed by atoms with Gasteiger partial charge in [0, 0.05) is 0 Å². The number of nitro groups is 1. The first-order chi connectivity index (χ1) is 7.06. The first-order valence-corrected chi connectivity index (χ1v) is 4.48. The van der Waals surface area contributed by atoms with Crippen molar-refractivity contribution in [2.24, 2.45) is 0 Å². The summed E-state index contributed by atoms with van der Waals surface area (Å²) in [6, 6.07) is 0.356. The van der Waals surface area contributed by atoms with Gasteiger partial charge >= 0.3 is 11.8 Å². The summed E-state index contributed by atoms with van der Waals surface area (Å²) < 4.78 is 1.12. The van der Waals surface area contributed by atoms with E-state index in [4.69, 9.17) is 5.11 Å². The maximum absolute atomic E-state index is 10.8. The molecule has 0 saturated carbocycles. The molecule has 0 aliphatic rings. The average Bonchev–Trinajstić information content (AvgIpc) is 2.62. The van der Waals surface area contributed by atoms with Crippen molar-refractivity contribution in [3.8, 4) is 0 Å². The van der Waals surface area contributed by atoms with E-state index in [0.29, 0.717) is 12.8 Å². The van der Waals surface area contributed by atoms with Gasteiger partial charge < -0.3 is 15.2 Å². The lowest BCUT2D eigenvalue weighted by molar-refractivity contribution is -0.389. The highest BCUT2D eigenvalue weighted by Crippen LogP contribution is 2.16. The molecule has 1 N–H and O–H groups in total. The van der Waals surface area contributed by atoms with Crippen molar-refractivity contribution in [3.05, 3.63) is 22.4 Å². The maximum Gasteiger partial charge on any atom is 0.389 e. The smallest absolute Gasteiger partial charge is 0.389 e. The number of hydrogen-bond acceptors (Lipinski definition) is 4. The molecular formula is C8H11N3O4. The molecule has 1 unspecified atom stereocenters. The van der Waals surface area contributed by atoms with Gasteiger partial charge in [-0.05, 0) is 11.3 Å². The standard InChI is InChI=1S/C8H11N3O4/c1-2-3-6(8(12)13)10-5-4-7(9-10)11(14)15/h4-6H,2-3H2,1H3,(H,12,13). The molecule has 1 aromatic rings. The summed E-state index contributed by atoms with van der Waals surface area (Å²) in [4.78, 5) is 20.5. The lowest BCUT2D eigenvalue weighted by Gasteiger charge is -2.06. The zero-order valence-electron chi connectivity index (χ0n) is 8.16. The van der Waals surface area contributed by atoms with Crippen LogP contribution in [0.4, 0.5) is 5.82 Å². The number of aromatic nitrogens is 2. The monoisotopic (exact) mass is 213 g/mol. The zero-order valence-corrected chi connectivity index (χ0v) is 8.16. The summed E-state index contributed by atoms with van der Waals surface area (Å²) in [5, 5.41) is 22.8. The van der Waals surface area contributed by atoms with Crippen molar-refractivity contribution in [3.63, 3.8) is 0 Å². The number of rotatable bonds is 5. The Kier molecular flexibility index (Phi) is 3.37. The molecule has 0 aromatic carbocycles. The summed E-state index contributed by atoms with van der Waals surface area (Å²) in [6.45, 7) is 1.84. The maximum atomic E-state index is 10.8. The number of hydrogen-bond donors (Lipinski definition) is 1. The molecule has 0 aliphatic heterocycles. The van der Waals surface area contributed by atoms with Crippen LogP contribution in [-0.2, 0) is 4.79 Å². The van der Waals surface area contributed by atoms with Crippen LogP contribution < -0.4 is 0 Å². The molecule has 0 amide bonds. The van der Waals surface area contributed by atoms with E-state index in [9.17, 15) is 14.9 Å². The van der Waals surface area contributed by atoms with E-state index in [1.165, 1.54) is 12.3 Å². The number of carboxylic acid groups (broad SMARTS) is 1. The second kappa shape index (κ2) is 4.54. The fourth-order valence-electron chi connectivity index (χ4n) is 1.24. The third kappa shape index (κ3) is 2.52. The Morgan fingerprint density at radius 1 is 1.80 bits per heavy atom. The zero-order chi connectivity index (χ0) is 11.4. The average molecular weight is 213 g/mol. The fourth-order valence-corrected chi connectivity index (χ4v) is 1.24. The van der Waals surface area contributed by atoms with Crippen LogP contribution in [0.5, 0.6) is 0 Å². The van der Waals surface area contributed by atoms with E-state index in [-0.39, 0.29) is 5.82 Å². The van der Waals surface area contributed by atoms with E-state index >= 15 is 0 Å². The van der Waals surface area contributed by atoms with Crippen molar-refractivity contribution in [1.82, 2.24) is 9.78 Å². The van der Waals surface area contributed by atoms with E-state index in [1.54, 1.807) is 0 Å². The fraction of sp³-hybridized carbons (Fsp3) is 0.500. The van der Waals surface area contributed by atoms with Gasteiger partial charge in [-0.25, -0.2) is 4.79 Å². The topological polar surface area (TPSA) is 98.3 Å². The molecule has 7 nitrogen and oxygen atoms in total. The van der Waals surface area contributed by atoms with Crippen LogP contribution in [0.1, 0.15) is 25.8 Å². The number of aliphatic carboxylic acids is 1. The quantitative estimate of drug-likeness (QED) is 0.585. The van der Waals surface area contributed by atoms with Gasteiger partial charge in [0.15, 0.2) is 6.04 Å². The van der Waals surface area contributed by atoms with Crippen LogP contribution >= 0.6 is 0 Å². The van der Waals surface area contributed by atoms with Gasteiger partial charge in [0.2, 0.25) is 0 Å². The predicted molar refractivity (Wildman–Crippen MR) is 50.5 cm³/mol. The molecule has 0 radical (unpaired) electrons. The van der Waals surface area contributed by atoms with Crippen LogP contribution in [0, 0.1) is 10.1 Å². The summed E-state index contributed by atoms with van der Waals surface area (Å²) in [5.74, 6) is -1.37. The minimum Gasteiger partial charge on any atom is -0.480 e. The number of carbonyl (C=O) groups is 1. The molecule has 1 atom stereocenters. The normalized spacial score (nSPS) is 12.3. The van der Waals surface area contributed by atoms with Gasteiger partial charge in [0.1, 0.15) is 0 Å². The molecular weight excluding hydrogens is 202 g/mol. The van der Waals surface area contributed by atoms with E-state index in [1.807, 2.05) is 6.92 Å². The minimum absolute atomic E-state index is 0.336. The summed E-state index contributed by atoms with van der Waals surface area (Å²) in [7, 11) is 0. The molecule has 1 rings (SSSR count). The van der Waals surface area contributed by atoms with E-state index in [0.717, 1.165) is 4.68 Å². The molecule has 1 heterocycles. The van der Waals surface area contributed by atoms with Crippen molar-refractivity contribution < 1.29 is 14.8 Å². The Morgan fingerprint density at radius 3 is 2.87 bits per heavy atom. The summed E-state index contributed by atoms with van der Waals surface area (Å²) in [6.07, 6.45) is 2.38. The predicted octanol–water partition coefficient (Wildman–Crippen LogP) is 1.22. The van der Waals surface area contributed by atoms with Gasteiger partial charge in [-0.1, -0.05) is 13.3 Å². The van der Waals surface area contributed by atoms with Crippen LogP contribution in [0.15, 0.2) is 12.3 Å². The van der Waals surface area contributed by atoms with E-state index < -0.39 is 16.9 Å². The van der Waals surface area contributed by atoms with Gasteiger partial charge in [-0.3, -0.25) is 0 Å². The Morgan fingerprint density at radius 2 is 2.47 bits per heavy atom. The molecule has 0 fully saturated rings. The number of nitrogens with zero attached hydrogens (tertiary/aromatic N) is 3. The third-order valence-corrected chi connectivity index (χ3v) is 1.95. The highest BCUT2D eigenvalue weighted by molar-refractivity contribution is 5.71. The van der Waals surface area contributed by atoms with Crippen LogP contribution in [0.2, 0.25) is 0 Å². The second-order valence-corrected chi connectivity index (χ2v) is 3.05. The van der Waals surface area contributed by atoms with Gasteiger partial charge in [0.25, 0.3) is 0 Å². The third-order valence-electron chi connectivity index (χ3n) is 1.95. The lowest BCUT2D eigenvalue weighted by Crippen LogP contribution is -2.19. The Labute approximate surface area is 85.5 Å². The molecule has 0 aliphatic carbocycles. The molecule has 0 spiro atoms. The molecule has 0 bridgehead atoms. The molecule has 15 heavy (non-hydrogen) atoms. The minimum atomic E-state index is -1.03. The second-order valence-electron chi connectivity index (χ2n) is 3.05. The molecule has 1 aromatic heterocycles. The molecule has 0 saturated heterocycles. The van der Waals surface area contributed by atoms with Crippen molar-refractivity contribution in [1.29, 1.82) is 0 Å². The Hall–Kier alpha value is -1.92. The van der Waals surface area contributed by atoms with Gasteiger partial charge in [-0.2, -0.15) is 4.68 Å². The van der Waals surface area contributed by atoms with Crippen LogP contribution in [0.3, 0.4) is 0 Å². The van der Waals surface area contributed by atoms with Crippen molar-refractivity contribution in [2.45, 2.75) is 25.8 Å². The Bertz CT molecular complexity index is 374. The first-order valence-electron chi connectivity index (χ1n) is 4.48. The van der Waals surface area contributed by atoms with E-state index in [2.05, 4.69) is 5.10 Å². The molecule has 82 valence electrons. The molecule has 7 heteroatoms. The Balaban J connectivity index is 2.91. The van der Waals surface area contributed by atoms with Crippen molar-refractivity contribution >= 4 is 11.8 Å². The highest BCUT2D eigenvalue weighted by Gasteiger charge is 2.24. The SMILES string of the molecule is CCCC(C(=O)O)n1ccc([N+](=O)[O-])n1. The number of carboxylic acids is 1. The van der Waals surface area contributed by atoms with Crippen LogP contribution in [0.25, 0.3) is 0 Å². The summed E-state index contributed by atoms with van der Waals surface area (Å²) >= 11 is 0. The van der Waals surface area contributed by atoms with Crippen LogP contribution in [-0.4, -0.2) is 25.8 Å². The largest absolute Gasteiger partial charge is 0.480 e. The highest BCUT2D eigenvalue weighted by atomic mass is 16.6. The summed E-state index contributed by atoms with van der Waals surface area (Å²) in [5.41, 5.74) is 0. The van der Waals surface area contributed by atoms with Crippen molar-refractivity contribution in [2.75, 3.05) is 0 Å². The van der Waals surface area contributed by atoms with Gasteiger partial charge in [-0.15, -0.1) is 0 Å². The van der Waals surface area contributed by atoms with Gasteiger partial charge in [0.05, 0.1) is 17.4 Å². The lowest BCUT2D eigenvalue weighted by atomic mass is 10.2.